The van der Waals surface area contributed by atoms with Gasteiger partial charge in [-0.3, -0.25) is 0 Å². The number of carbonyl (C=O) groups is 1. The molecular formula is C18H25NO2. The summed E-state index contributed by atoms with van der Waals surface area (Å²) in [5.41, 5.74) is 2.41. The molecule has 0 radical (unpaired) electrons. The summed E-state index contributed by atoms with van der Waals surface area (Å²) < 4.78 is 7.45. The van der Waals surface area contributed by atoms with E-state index in [2.05, 4.69) is 31.2 Å². The number of rotatable bonds is 6. The number of aryl methyl sites for hydroxylation is 1. The normalized spacial score (nSPS) is 12.8. The molecule has 0 aliphatic heterocycles. The van der Waals surface area contributed by atoms with Gasteiger partial charge in [0.15, 0.2) is 0 Å². The van der Waals surface area contributed by atoms with Crippen LogP contribution in [0.4, 0.5) is 0 Å². The first-order valence-electron chi connectivity index (χ1n) is 7.82. The average molecular weight is 287 g/mol. The van der Waals surface area contributed by atoms with Crippen LogP contribution in [0.15, 0.2) is 30.5 Å². The Balaban J connectivity index is 2.27. The first-order chi connectivity index (χ1) is 10.1. The average Bonchev–Trinajstić information content (AvgIpc) is 2.89. The molecule has 0 N–H and O–H groups in total. The molecule has 1 unspecified atom stereocenters. The van der Waals surface area contributed by atoms with Crippen molar-refractivity contribution in [1.82, 2.24) is 4.57 Å². The van der Waals surface area contributed by atoms with Gasteiger partial charge in [0.1, 0.15) is 6.04 Å². The maximum Gasteiger partial charge on any atom is 0.329 e. The highest BCUT2D eigenvalue weighted by Crippen LogP contribution is 2.24. The summed E-state index contributed by atoms with van der Waals surface area (Å²) in [5.74, 6) is 0.225. The lowest BCUT2D eigenvalue weighted by Crippen LogP contribution is -2.22. The maximum atomic E-state index is 12.3. The number of hydrogen-bond donors (Lipinski definition) is 0. The number of carbonyl (C=O) groups excluding carboxylic acids is 1. The van der Waals surface area contributed by atoms with E-state index in [0.29, 0.717) is 12.5 Å². The van der Waals surface area contributed by atoms with Crippen LogP contribution in [0.25, 0.3) is 10.9 Å². The van der Waals surface area contributed by atoms with Crippen LogP contribution in [-0.2, 0) is 16.0 Å². The number of benzene rings is 1. The molecule has 0 amide bonds. The van der Waals surface area contributed by atoms with E-state index >= 15 is 0 Å². The number of fused-ring (bicyclic) bond motifs is 1. The van der Waals surface area contributed by atoms with Gasteiger partial charge in [-0.25, -0.2) is 4.79 Å². The molecule has 1 heterocycles. The van der Waals surface area contributed by atoms with Crippen LogP contribution in [0.1, 0.15) is 45.7 Å². The van der Waals surface area contributed by atoms with E-state index in [4.69, 9.17) is 4.74 Å². The third-order valence-corrected chi connectivity index (χ3v) is 3.75. The second kappa shape index (κ2) is 6.79. The Morgan fingerprint density at radius 1 is 1.24 bits per heavy atom. The van der Waals surface area contributed by atoms with Gasteiger partial charge in [-0.15, -0.1) is 0 Å². The Kier molecular flexibility index (Phi) is 5.05. The van der Waals surface area contributed by atoms with Crippen molar-refractivity contribution in [2.24, 2.45) is 5.92 Å². The highest BCUT2D eigenvalue weighted by molar-refractivity contribution is 5.84. The van der Waals surface area contributed by atoms with Crippen molar-refractivity contribution in [1.29, 1.82) is 0 Å². The predicted octanol–water partition coefficient (Wildman–Crippen LogP) is 4.35. The quantitative estimate of drug-likeness (QED) is 0.739. The van der Waals surface area contributed by atoms with Crippen LogP contribution in [0.3, 0.4) is 0 Å². The molecule has 0 spiro atoms. The number of esters is 1. The Hall–Kier alpha value is -1.77. The molecule has 0 bridgehead atoms. The molecule has 1 aromatic carbocycles. The van der Waals surface area contributed by atoms with Crippen LogP contribution in [0.5, 0.6) is 0 Å². The summed E-state index contributed by atoms with van der Waals surface area (Å²) in [4.78, 5) is 12.3. The molecular weight excluding hydrogens is 262 g/mol. The SMILES string of the molecule is CCc1ccc2c(ccn2C(CC)C(=O)OCC(C)C)c1. The van der Waals surface area contributed by atoms with E-state index in [1.54, 1.807) is 0 Å². The van der Waals surface area contributed by atoms with Crippen molar-refractivity contribution in [3.05, 3.63) is 36.0 Å². The molecule has 2 aromatic rings. The lowest BCUT2D eigenvalue weighted by atomic mass is 10.1. The molecule has 21 heavy (non-hydrogen) atoms. The summed E-state index contributed by atoms with van der Waals surface area (Å²) in [6.07, 6.45) is 3.75. The highest BCUT2D eigenvalue weighted by atomic mass is 16.5. The monoisotopic (exact) mass is 287 g/mol. The van der Waals surface area contributed by atoms with Crippen molar-refractivity contribution in [3.8, 4) is 0 Å². The van der Waals surface area contributed by atoms with Crippen LogP contribution in [0.2, 0.25) is 0 Å². The van der Waals surface area contributed by atoms with Crippen LogP contribution in [0, 0.1) is 5.92 Å². The molecule has 1 aromatic heterocycles. The number of hydrogen-bond acceptors (Lipinski definition) is 2. The fourth-order valence-electron chi connectivity index (χ4n) is 2.53. The summed E-state index contributed by atoms with van der Waals surface area (Å²) in [5, 5.41) is 1.18. The van der Waals surface area contributed by atoms with Gasteiger partial charge in [0.05, 0.1) is 6.61 Å². The topological polar surface area (TPSA) is 31.2 Å². The first kappa shape index (κ1) is 15.6. The first-order valence-corrected chi connectivity index (χ1v) is 7.82. The summed E-state index contributed by atoms with van der Waals surface area (Å²) in [6.45, 7) is 8.75. The Morgan fingerprint density at radius 2 is 2.00 bits per heavy atom. The fraction of sp³-hybridized carbons (Fsp3) is 0.500. The molecule has 2 rings (SSSR count). The molecule has 0 fully saturated rings. The third-order valence-electron chi connectivity index (χ3n) is 3.75. The Labute approximate surface area is 126 Å². The number of ether oxygens (including phenoxy) is 1. The molecule has 0 saturated heterocycles. The van der Waals surface area contributed by atoms with Crippen LogP contribution >= 0.6 is 0 Å². The number of nitrogens with zero attached hydrogens (tertiary/aromatic N) is 1. The molecule has 3 nitrogen and oxygen atoms in total. The molecule has 0 aliphatic carbocycles. The zero-order valence-electron chi connectivity index (χ0n) is 13.4. The second-order valence-electron chi connectivity index (χ2n) is 5.92. The zero-order chi connectivity index (χ0) is 15.4. The van der Waals surface area contributed by atoms with E-state index in [-0.39, 0.29) is 12.0 Å². The molecule has 3 heteroatoms. The number of aromatic nitrogens is 1. The largest absolute Gasteiger partial charge is 0.464 e. The van der Waals surface area contributed by atoms with Gasteiger partial charge in [0.25, 0.3) is 0 Å². The van der Waals surface area contributed by atoms with Gasteiger partial charge in [0, 0.05) is 11.7 Å². The van der Waals surface area contributed by atoms with E-state index in [0.717, 1.165) is 18.4 Å². The van der Waals surface area contributed by atoms with Gasteiger partial charge in [-0.05, 0) is 47.9 Å². The lowest BCUT2D eigenvalue weighted by molar-refractivity contribution is -0.148. The molecule has 1 atom stereocenters. The molecule has 0 saturated carbocycles. The fourth-order valence-corrected chi connectivity index (χ4v) is 2.53. The maximum absolute atomic E-state index is 12.3. The van der Waals surface area contributed by atoms with E-state index in [1.807, 2.05) is 31.5 Å². The van der Waals surface area contributed by atoms with Crippen molar-refractivity contribution in [3.63, 3.8) is 0 Å². The Bertz CT molecular complexity index is 613. The molecule has 114 valence electrons. The van der Waals surface area contributed by atoms with Gasteiger partial charge in [-0.1, -0.05) is 33.8 Å². The highest BCUT2D eigenvalue weighted by Gasteiger charge is 2.21. The van der Waals surface area contributed by atoms with E-state index in [9.17, 15) is 4.79 Å². The minimum absolute atomic E-state index is 0.136. The summed E-state index contributed by atoms with van der Waals surface area (Å²) in [7, 11) is 0. The minimum Gasteiger partial charge on any atom is -0.464 e. The second-order valence-corrected chi connectivity index (χ2v) is 5.92. The van der Waals surface area contributed by atoms with Crippen LogP contribution in [-0.4, -0.2) is 17.1 Å². The summed E-state index contributed by atoms with van der Waals surface area (Å²) in [6, 6.07) is 8.26. The van der Waals surface area contributed by atoms with Gasteiger partial charge >= 0.3 is 5.97 Å². The van der Waals surface area contributed by atoms with E-state index < -0.39 is 0 Å². The Morgan fingerprint density at radius 3 is 2.62 bits per heavy atom. The smallest absolute Gasteiger partial charge is 0.329 e. The molecule has 0 aliphatic rings. The lowest BCUT2D eigenvalue weighted by Gasteiger charge is -2.18. The zero-order valence-corrected chi connectivity index (χ0v) is 13.4. The van der Waals surface area contributed by atoms with Gasteiger partial charge in [0.2, 0.25) is 0 Å². The van der Waals surface area contributed by atoms with Crippen molar-refractivity contribution < 1.29 is 9.53 Å². The van der Waals surface area contributed by atoms with E-state index in [1.165, 1.54) is 10.9 Å². The van der Waals surface area contributed by atoms with Gasteiger partial charge < -0.3 is 9.30 Å². The van der Waals surface area contributed by atoms with Crippen molar-refractivity contribution in [2.45, 2.75) is 46.6 Å². The minimum atomic E-state index is -0.242. The predicted molar refractivity (Wildman–Crippen MR) is 86.4 cm³/mol. The standard InChI is InChI=1S/C18H25NO2/c1-5-14-7-8-17-15(11-14)9-10-19(17)16(6-2)18(20)21-12-13(3)4/h7-11,13,16H,5-6,12H2,1-4H3. The van der Waals surface area contributed by atoms with Crippen molar-refractivity contribution in [2.75, 3.05) is 6.61 Å². The van der Waals surface area contributed by atoms with Crippen LogP contribution < -0.4 is 0 Å². The van der Waals surface area contributed by atoms with Gasteiger partial charge in [-0.2, -0.15) is 0 Å². The third kappa shape index (κ3) is 3.46. The van der Waals surface area contributed by atoms with Crippen molar-refractivity contribution >= 4 is 16.9 Å². The summed E-state index contributed by atoms with van der Waals surface area (Å²) >= 11 is 0.